The van der Waals surface area contributed by atoms with Crippen molar-refractivity contribution in [1.82, 2.24) is 0 Å². The molecule has 0 heterocycles. The Morgan fingerprint density at radius 2 is 1.13 bits per heavy atom. The maximum atomic E-state index is 6.86. The Labute approximate surface area is 184 Å². The zero-order valence-electron chi connectivity index (χ0n) is 19.3. The molecule has 3 rings (SSSR count). The van der Waals surface area contributed by atoms with Gasteiger partial charge in [0.15, 0.2) is 0 Å². The largest absolute Gasteiger partial charge is 0.401 e. The van der Waals surface area contributed by atoms with E-state index >= 15 is 0 Å². The molecule has 0 aliphatic carbocycles. The van der Waals surface area contributed by atoms with Crippen LogP contribution in [-0.2, 0) is 4.43 Å². The minimum atomic E-state index is -1.41. The molecule has 155 valence electrons. The van der Waals surface area contributed by atoms with Crippen molar-refractivity contribution >= 4 is 25.5 Å². The van der Waals surface area contributed by atoms with Gasteiger partial charge in [-0.15, -0.1) is 0 Å². The molecule has 0 spiro atoms. The molecule has 0 amide bonds. The Bertz CT molecular complexity index is 946. The molecule has 3 aromatic rings. The highest BCUT2D eigenvalue weighted by atomic mass is 28.3. The Morgan fingerprint density at radius 1 is 0.700 bits per heavy atom. The maximum absolute atomic E-state index is 6.86. The molecule has 0 aromatic heterocycles. The molecule has 0 aliphatic rings. The number of rotatable bonds is 6. The summed E-state index contributed by atoms with van der Waals surface area (Å²) in [6.07, 6.45) is 4.37. The van der Waals surface area contributed by atoms with E-state index in [1.807, 2.05) is 6.07 Å². The summed E-state index contributed by atoms with van der Waals surface area (Å²) in [7, 11) is -1.41. The predicted octanol–water partition coefficient (Wildman–Crippen LogP) is 5.76. The lowest BCUT2D eigenvalue weighted by atomic mass is 10.1. The molecule has 1 atom stereocenters. The standard InChI is InChI=1S/C28H33OSi/c1-19-15-21(3)27(22(4)16-19)30(28-23(5)17-20(2)18-24(28)6)29-25(7)13-14-26-11-9-8-10-12-26/h8-18,25H,1-7H3/b14-13+. The van der Waals surface area contributed by atoms with Crippen molar-refractivity contribution in [2.24, 2.45) is 0 Å². The molecule has 1 radical (unpaired) electrons. The van der Waals surface area contributed by atoms with Gasteiger partial charge in [0.25, 0.3) is 9.04 Å². The smallest absolute Gasteiger partial charge is 0.284 e. The third-order valence-corrected chi connectivity index (χ3v) is 8.56. The lowest BCUT2D eigenvalue weighted by molar-refractivity contribution is 0.283. The van der Waals surface area contributed by atoms with E-state index in [2.05, 4.69) is 109 Å². The molecule has 0 aliphatic heterocycles. The van der Waals surface area contributed by atoms with Crippen molar-refractivity contribution in [2.45, 2.75) is 54.6 Å². The van der Waals surface area contributed by atoms with Gasteiger partial charge in [-0.25, -0.2) is 0 Å². The van der Waals surface area contributed by atoms with E-state index in [1.54, 1.807) is 0 Å². The summed E-state index contributed by atoms with van der Waals surface area (Å²) in [5.74, 6) is 0. The zero-order chi connectivity index (χ0) is 21.8. The summed E-state index contributed by atoms with van der Waals surface area (Å²) >= 11 is 0. The van der Waals surface area contributed by atoms with Gasteiger partial charge < -0.3 is 4.43 Å². The molecule has 0 N–H and O–H groups in total. The Kier molecular flexibility index (Phi) is 7.12. The lowest BCUT2D eigenvalue weighted by Gasteiger charge is -2.26. The molecular formula is C28H33OSi. The fourth-order valence-electron chi connectivity index (χ4n) is 4.36. The second-order valence-corrected chi connectivity index (χ2v) is 10.4. The SMILES string of the molecule is Cc1cc(C)c([Si](OC(C)/C=C/c2ccccc2)c2c(C)cc(C)cc2C)c(C)c1. The van der Waals surface area contributed by atoms with Crippen LogP contribution in [0, 0.1) is 41.5 Å². The van der Waals surface area contributed by atoms with Gasteiger partial charge >= 0.3 is 0 Å². The third-order valence-electron chi connectivity index (χ3n) is 5.47. The molecule has 1 unspecified atom stereocenters. The highest BCUT2D eigenvalue weighted by Crippen LogP contribution is 2.15. The fourth-order valence-corrected chi connectivity index (χ4v) is 7.01. The van der Waals surface area contributed by atoms with E-state index in [0.29, 0.717) is 0 Å². The first-order valence-electron chi connectivity index (χ1n) is 10.7. The van der Waals surface area contributed by atoms with Gasteiger partial charge in [0.05, 0.1) is 6.10 Å². The van der Waals surface area contributed by atoms with Crippen molar-refractivity contribution in [3.63, 3.8) is 0 Å². The van der Waals surface area contributed by atoms with E-state index in [-0.39, 0.29) is 6.10 Å². The molecule has 0 bridgehead atoms. The topological polar surface area (TPSA) is 9.23 Å². The lowest BCUT2D eigenvalue weighted by Crippen LogP contribution is -2.51. The Morgan fingerprint density at radius 3 is 1.57 bits per heavy atom. The van der Waals surface area contributed by atoms with Crippen LogP contribution >= 0.6 is 0 Å². The summed E-state index contributed by atoms with van der Waals surface area (Å²) in [6.45, 7) is 15.4. The first-order valence-corrected chi connectivity index (χ1v) is 12.1. The number of hydrogen-bond acceptors (Lipinski definition) is 1. The molecule has 0 fully saturated rings. The molecule has 2 heteroatoms. The van der Waals surface area contributed by atoms with Crippen molar-refractivity contribution < 1.29 is 4.43 Å². The van der Waals surface area contributed by atoms with Gasteiger partial charge in [0.1, 0.15) is 0 Å². The van der Waals surface area contributed by atoms with E-state index in [0.717, 1.165) is 0 Å². The van der Waals surface area contributed by atoms with E-state index < -0.39 is 9.04 Å². The monoisotopic (exact) mass is 413 g/mol. The van der Waals surface area contributed by atoms with E-state index in [4.69, 9.17) is 4.43 Å². The van der Waals surface area contributed by atoms with Crippen LogP contribution in [0.2, 0.25) is 0 Å². The van der Waals surface area contributed by atoms with Crippen LogP contribution in [0.5, 0.6) is 0 Å². The van der Waals surface area contributed by atoms with Crippen LogP contribution in [-0.4, -0.2) is 15.1 Å². The first-order chi connectivity index (χ1) is 14.3. The minimum absolute atomic E-state index is 0.0271. The van der Waals surface area contributed by atoms with Crippen LogP contribution in [0.25, 0.3) is 6.08 Å². The second kappa shape index (κ2) is 9.59. The van der Waals surface area contributed by atoms with Gasteiger partial charge in [-0.3, -0.25) is 0 Å². The van der Waals surface area contributed by atoms with E-state index in [1.165, 1.54) is 49.3 Å². The van der Waals surface area contributed by atoms with Crippen LogP contribution < -0.4 is 10.4 Å². The Balaban J connectivity index is 2.04. The number of benzene rings is 3. The average Bonchev–Trinajstić information content (AvgIpc) is 2.65. The molecule has 1 nitrogen and oxygen atoms in total. The van der Waals surface area contributed by atoms with Gasteiger partial charge in [-0.1, -0.05) is 77.9 Å². The summed E-state index contributed by atoms with van der Waals surface area (Å²) < 4.78 is 6.86. The quantitative estimate of drug-likeness (QED) is 0.467. The van der Waals surface area contributed by atoms with Gasteiger partial charge in [-0.05, 0) is 86.7 Å². The van der Waals surface area contributed by atoms with Gasteiger partial charge in [-0.2, -0.15) is 0 Å². The fraction of sp³-hybridized carbons (Fsp3) is 0.286. The van der Waals surface area contributed by atoms with Crippen LogP contribution in [0.15, 0.2) is 60.7 Å². The molecule has 0 saturated carbocycles. The summed E-state index contributed by atoms with van der Waals surface area (Å²) in [4.78, 5) is 0. The third kappa shape index (κ3) is 5.19. The van der Waals surface area contributed by atoms with Crippen LogP contribution in [0.1, 0.15) is 45.9 Å². The Hall–Kier alpha value is -2.42. The van der Waals surface area contributed by atoms with Gasteiger partial charge in [0.2, 0.25) is 0 Å². The van der Waals surface area contributed by atoms with E-state index in [9.17, 15) is 0 Å². The summed E-state index contributed by atoms with van der Waals surface area (Å²) in [5, 5.41) is 2.78. The summed E-state index contributed by atoms with van der Waals surface area (Å²) in [6, 6.07) is 19.6. The van der Waals surface area contributed by atoms with Crippen molar-refractivity contribution in [1.29, 1.82) is 0 Å². The predicted molar refractivity (Wildman–Crippen MR) is 132 cm³/mol. The highest BCUT2D eigenvalue weighted by Gasteiger charge is 2.28. The molecule has 30 heavy (non-hydrogen) atoms. The van der Waals surface area contributed by atoms with Crippen LogP contribution in [0.3, 0.4) is 0 Å². The number of aryl methyl sites for hydroxylation is 6. The maximum Gasteiger partial charge on any atom is 0.284 e. The van der Waals surface area contributed by atoms with Crippen molar-refractivity contribution in [2.75, 3.05) is 0 Å². The second-order valence-electron chi connectivity index (χ2n) is 8.47. The van der Waals surface area contributed by atoms with Crippen LogP contribution in [0.4, 0.5) is 0 Å². The minimum Gasteiger partial charge on any atom is -0.401 e. The average molecular weight is 414 g/mol. The van der Waals surface area contributed by atoms with Crippen molar-refractivity contribution in [3.8, 4) is 0 Å². The molecular weight excluding hydrogens is 380 g/mol. The highest BCUT2D eigenvalue weighted by molar-refractivity contribution is 6.81. The van der Waals surface area contributed by atoms with Crippen molar-refractivity contribution in [3.05, 3.63) is 99.6 Å². The molecule has 0 saturated heterocycles. The number of hydrogen-bond donors (Lipinski definition) is 0. The van der Waals surface area contributed by atoms with Gasteiger partial charge in [0, 0.05) is 0 Å². The summed E-state index contributed by atoms with van der Waals surface area (Å²) in [5.41, 5.74) is 9.15. The normalized spacial score (nSPS) is 12.7. The first kappa shape index (κ1) is 22.3. The molecule has 3 aromatic carbocycles. The zero-order valence-corrected chi connectivity index (χ0v) is 20.3.